The first kappa shape index (κ1) is 25.1. The van der Waals surface area contributed by atoms with Crippen molar-refractivity contribution in [2.75, 3.05) is 19.5 Å². The zero-order chi connectivity index (χ0) is 24.0. The van der Waals surface area contributed by atoms with E-state index >= 15 is 0 Å². The van der Waals surface area contributed by atoms with Gasteiger partial charge in [0.05, 0.1) is 34.6 Å². The Kier molecular flexibility index (Phi) is 8.44. The van der Waals surface area contributed by atoms with Crippen molar-refractivity contribution in [1.82, 2.24) is 4.57 Å². The van der Waals surface area contributed by atoms with Crippen LogP contribution in [-0.2, 0) is 30.7 Å². The fraction of sp³-hybridized carbons (Fsp3) is 0.318. The Morgan fingerprint density at radius 3 is 2.55 bits per heavy atom. The Morgan fingerprint density at radius 2 is 1.88 bits per heavy atom. The number of sulfone groups is 1. The van der Waals surface area contributed by atoms with E-state index in [-0.39, 0.29) is 36.6 Å². The third kappa shape index (κ3) is 6.52. The number of thiazole rings is 1. The van der Waals surface area contributed by atoms with Gasteiger partial charge in [-0.2, -0.15) is 4.99 Å². The third-order valence-corrected chi connectivity index (χ3v) is 8.03. The normalized spacial score (nSPS) is 12.2. The molecule has 0 spiro atoms. The summed E-state index contributed by atoms with van der Waals surface area (Å²) in [6, 6.07) is 11.7. The van der Waals surface area contributed by atoms with Crippen molar-refractivity contribution in [3.05, 3.63) is 51.7 Å². The van der Waals surface area contributed by atoms with E-state index in [1.54, 1.807) is 23.6 Å². The molecule has 0 bridgehead atoms. The SMILES string of the molecule is CCOC(=O)Cn1c(=NC(=O)CCCS(=O)(=O)c2ccc(OC)cc2)sc2cc(Br)ccc21. The maximum atomic E-state index is 12.5. The summed E-state index contributed by atoms with van der Waals surface area (Å²) in [7, 11) is -2.02. The van der Waals surface area contributed by atoms with Gasteiger partial charge in [0.2, 0.25) is 5.91 Å². The first-order valence-electron chi connectivity index (χ1n) is 10.1. The summed E-state index contributed by atoms with van der Waals surface area (Å²) in [5.41, 5.74) is 0.755. The number of benzene rings is 2. The van der Waals surface area contributed by atoms with Crippen molar-refractivity contribution < 1.29 is 27.5 Å². The maximum absolute atomic E-state index is 12.5. The number of halogens is 1. The van der Waals surface area contributed by atoms with Crippen LogP contribution in [0.25, 0.3) is 10.2 Å². The Bertz CT molecular complexity index is 1330. The number of hydrogen-bond donors (Lipinski definition) is 0. The highest BCUT2D eigenvalue weighted by Crippen LogP contribution is 2.22. The summed E-state index contributed by atoms with van der Waals surface area (Å²) in [5.74, 6) is -0.500. The second-order valence-electron chi connectivity index (χ2n) is 6.99. The van der Waals surface area contributed by atoms with Crippen LogP contribution in [0.3, 0.4) is 0 Å². The fourth-order valence-corrected chi connectivity index (χ4v) is 6.01. The lowest BCUT2D eigenvalue weighted by atomic mass is 10.3. The molecule has 0 unspecified atom stereocenters. The van der Waals surface area contributed by atoms with E-state index in [1.165, 1.54) is 30.6 Å². The highest BCUT2D eigenvalue weighted by atomic mass is 79.9. The molecule has 0 aliphatic heterocycles. The van der Waals surface area contributed by atoms with E-state index in [2.05, 4.69) is 20.9 Å². The van der Waals surface area contributed by atoms with E-state index in [1.807, 2.05) is 18.2 Å². The van der Waals surface area contributed by atoms with Crippen LogP contribution in [0, 0.1) is 0 Å². The van der Waals surface area contributed by atoms with Crippen molar-refractivity contribution in [3.8, 4) is 5.75 Å². The number of carbonyl (C=O) groups excluding carboxylic acids is 2. The number of rotatable bonds is 9. The predicted octanol–water partition coefficient (Wildman–Crippen LogP) is 3.72. The molecular weight excluding hydrogens is 532 g/mol. The van der Waals surface area contributed by atoms with Gasteiger partial charge < -0.3 is 14.0 Å². The molecule has 0 N–H and O–H groups in total. The van der Waals surface area contributed by atoms with Crippen LogP contribution in [0.15, 0.2) is 56.8 Å². The molecule has 33 heavy (non-hydrogen) atoms. The number of carbonyl (C=O) groups is 2. The van der Waals surface area contributed by atoms with Crippen LogP contribution in [0.2, 0.25) is 0 Å². The van der Waals surface area contributed by atoms with Crippen molar-refractivity contribution in [1.29, 1.82) is 0 Å². The highest BCUT2D eigenvalue weighted by molar-refractivity contribution is 9.10. The molecule has 8 nitrogen and oxygen atoms in total. The minimum absolute atomic E-state index is 0.0350. The molecular formula is C22H23BrN2O6S2. The average Bonchev–Trinajstić information content (AvgIpc) is 3.09. The van der Waals surface area contributed by atoms with Gasteiger partial charge in [0.15, 0.2) is 14.6 Å². The van der Waals surface area contributed by atoms with Crippen LogP contribution < -0.4 is 9.54 Å². The summed E-state index contributed by atoms with van der Waals surface area (Å²) in [6.07, 6.45) is 0.0950. The molecule has 0 saturated carbocycles. The lowest BCUT2D eigenvalue weighted by Crippen LogP contribution is -2.23. The van der Waals surface area contributed by atoms with Crippen LogP contribution >= 0.6 is 27.3 Å². The minimum atomic E-state index is -3.53. The second-order valence-corrected chi connectivity index (χ2v) is 11.0. The Labute approximate surface area is 203 Å². The average molecular weight is 555 g/mol. The van der Waals surface area contributed by atoms with Gasteiger partial charge in [-0.3, -0.25) is 9.59 Å². The highest BCUT2D eigenvalue weighted by Gasteiger charge is 2.16. The molecule has 0 saturated heterocycles. The number of nitrogens with zero attached hydrogens (tertiary/aromatic N) is 2. The zero-order valence-corrected chi connectivity index (χ0v) is 21.3. The van der Waals surface area contributed by atoms with Gasteiger partial charge in [-0.1, -0.05) is 27.3 Å². The van der Waals surface area contributed by atoms with Crippen LogP contribution in [0.4, 0.5) is 0 Å². The monoisotopic (exact) mass is 554 g/mol. The first-order valence-corrected chi connectivity index (χ1v) is 13.4. The van der Waals surface area contributed by atoms with Gasteiger partial charge in [0.1, 0.15) is 12.3 Å². The van der Waals surface area contributed by atoms with Gasteiger partial charge in [-0.25, -0.2) is 8.42 Å². The molecule has 0 radical (unpaired) electrons. The van der Waals surface area contributed by atoms with E-state index in [9.17, 15) is 18.0 Å². The molecule has 11 heteroatoms. The van der Waals surface area contributed by atoms with Gasteiger partial charge in [0.25, 0.3) is 0 Å². The van der Waals surface area contributed by atoms with Gasteiger partial charge in [-0.15, -0.1) is 0 Å². The number of esters is 1. The van der Waals surface area contributed by atoms with Crippen molar-refractivity contribution in [3.63, 3.8) is 0 Å². The van der Waals surface area contributed by atoms with E-state index < -0.39 is 21.7 Å². The van der Waals surface area contributed by atoms with Gasteiger partial charge in [0, 0.05) is 10.9 Å². The van der Waals surface area contributed by atoms with Crippen molar-refractivity contribution in [2.45, 2.75) is 31.2 Å². The molecule has 3 rings (SSSR count). The molecule has 0 atom stereocenters. The molecule has 0 aliphatic rings. The number of ether oxygens (including phenoxy) is 2. The molecule has 1 heterocycles. The summed E-state index contributed by atoms with van der Waals surface area (Å²) in [4.78, 5) is 29.3. The molecule has 0 fully saturated rings. The summed E-state index contributed by atoms with van der Waals surface area (Å²) in [5, 5.41) is 0. The molecule has 3 aromatic rings. The maximum Gasteiger partial charge on any atom is 0.326 e. The lowest BCUT2D eigenvalue weighted by Gasteiger charge is -2.06. The van der Waals surface area contributed by atoms with E-state index in [0.717, 1.165) is 14.7 Å². The molecule has 2 aromatic carbocycles. The smallest absolute Gasteiger partial charge is 0.326 e. The quantitative estimate of drug-likeness (QED) is 0.373. The number of amides is 1. The standard InChI is InChI=1S/C22H23BrN2O6S2/c1-3-31-21(27)14-25-18-11-6-15(23)13-19(18)32-22(25)24-20(26)5-4-12-33(28,29)17-9-7-16(30-2)8-10-17/h6-11,13H,3-5,12,14H2,1-2H3. The first-order chi connectivity index (χ1) is 15.7. The Hall–Kier alpha value is -2.50. The van der Waals surface area contributed by atoms with Crippen molar-refractivity contribution in [2.24, 2.45) is 4.99 Å². The van der Waals surface area contributed by atoms with Crippen LogP contribution in [0.5, 0.6) is 5.75 Å². The molecule has 1 aromatic heterocycles. The van der Waals surface area contributed by atoms with Crippen molar-refractivity contribution >= 4 is 59.2 Å². The van der Waals surface area contributed by atoms with E-state index in [0.29, 0.717) is 10.6 Å². The van der Waals surface area contributed by atoms with Gasteiger partial charge >= 0.3 is 5.97 Å². The minimum Gasteiger partial charge on any atom is -0.497 e. The molecule has 176 valence electrons. The third-order valence-electron chi connectivity index (χ3n) is 4.68. The summed E-state index contributed by atoms with van der Waals surface area (Å²) in [6.45, 7) is 1.90. The van der Waals surface area contributed by atoms with Crippen LogP contribution in [0.1, 0.15) is 19.8 Å². The summed E-state index contributed by atoms with van der Waals surface area (Å²) >= 11 is 4.69. The number of hydrogen-bond acceptors (Lipinski definition) is 7. The number of fused-ring (bicyclic) bond motifs is 1. The number of methoxy groups -OCH3 is 1. The van der Waals surface area contributed by atoms with E-state index in [4.69, 9.17) is 9.47 Å². The molecule has 0 aliphatic carbocycles. The zero-order valence-electron chi connectivity index (χ0n) is 18.1. The summed E-state index contributed by atoms with van der Waals surface area (Å²) < 4.78 is 38.5. The fourth-order valence-electron chi connectivity index (χ4n) is 3.10. The Balaban J connectivity index is 1.76. The predicted molar refractivity (Wildman–Crippen MR) is 129 cm³/mol. The lowest BCUT2D eigenvalue weighted by molar-refractivity contribution is -0.143. The largest absolute Gasteiger partial charge is 0.497 e. The number of aromatic nitrogens is 1. The van der Waals surface area contributed by atoms with Crippen LogP contribution in [-0.4, -0.2) is 44.3 Å². The topological polar surface area (TPSA) is 104 Å². The van der Waals surface area contributed by atoms with Gasteiger partial charge in [-0.05, 0) is 55.8 Å². The molecule has 1 amide bonds. The second kappa shape index (κ2) is 11.1. The Morgan fingerprint density at radius 1 is 1.15 bits per heavy atom.